The molecule has 0 spiro atoms. The molecular weight excluding hydrogens is 374 g/mol. The minimum atomic E-state index is -0.155. The predicted octanol–water partition coefficient (Wildman–Crippen LogP) is 3.87. The molecule has 0 saturated carbocycles. The molecule has 0 bridgehead atoms. The second kappa shape index (κ2) is 7.66. The van der Waals surface area contributed by atoms with Gasteiger partial charge in [0.05, 0.1) is 0 Å². The molecule has 6 heteroatoms. The molecule has 0 atom stereocenters. The highest BCUT2D eigenvalue weighted by Gasteiger charge is 2.09. The van der Waals surface area contributed by atoms with Crippen molar-refractivity contribution in [3.63, 3.8) is 0 Å². The maximum Gasteiger partial charge on any atom is 0.343 e. The van der Waals surface area contributed by atoms with E-state index in [2.05, 4.69) is 50.4 Å². The number of hydrogen-bond donors (Lipinski definition) is 1. The molecule has 23 heavy (non-hydrogen) atoms. The first-order valence-electron chi connectivity index (χ1n) is 7.29. The summed E-state index contributed by atoms with van der Waals surface area (Å²) in [4.78, 5) is 12.0. The van der Waals surface area contributed by atoms with Crippen LogP contribution in [-0.4, -0.2) is 14.8 Å². The van der Waals surface area contributed by atoms with E-state index in [0.29, 0.717) is 6.54 Å². The number of hydrogen-bond acceptors (Lipinski definition) is 3. The van der Waals surface area contributed by atoms with Crippen LogP contribution in [-0.2, 0) is 18.7 Å². The zero-order chi connectivity index (χ0) is 16.1. The molecule has 0 radical (unpaired) electrons. The first-order chi connectivity index (χ1) is 11.2. The number of thioether (sulfide) groups is 1. The fraction of sp³-hybridized carbons (Fsp3) is 0.176. The van der Waals surface area contributed by atoms with Gasteiger partial charge in [0.15, 0.2) is 5.16 Å². The number of aromatic amines is 1. The lowest BCUT2D eigenvalue weighted by Gasteiger charge is -2.06. The van der Waals surface area contributed by atoms with Crippen LogP contribution in [0, 0.1) is 0 Å². The van der Waals surface area contributed by atoms with Crippen LogP contribution >= 0.6 is 27.7 Å². The summed E-state index contributed by atoms with van der Waals surface area (Å²) in [6, 6.07) is 18.3. The Labute approximate surface area is 147 Å². The molecule has 0 fully saturated rings. The van der Waals surface area contributed by atoms with Crippen molar-refractivity contribution in [1.82, 2.24) is 14.8 Å². The third kappa shape index (κ3) is 4.36. The van der Waals surface area contributed by atoms with Crippen LogP contribution < -0.4 is 5.69 Å². The largest absolute Gasteiger partial charge is 0.343 e. The van der Waals surface area contributed by atoms with Gasteiger partial charge in [-0.3, -0.25) is 4.57 Å². The van der Waals surface area contributed by atoms with Gasteiger partial charge in [-0.1, -0.05) is 70.2 Å². The Bertz CT molecular complexity index is 829. The minimum absolute atomic E-state index is 0.155. The van der Waals surface area contributed by atoms with Gasteiger partial charge in [0.2, 0.25) is 0 Å². The Morgan fingerprint density at radius 3 is 2.65 bits per heavy atom. The second-order valence-corrected chi connectivity index (χ2v) is 6.98. The van der Waals surface area contributed by atoms with Gasteiger partial charge in [-0.05, 0) is 29.7 Å². The Morgan fingerprint density at radius 2 is 1.87 bits per heavy atom. The average Bonchev–Trinajstić information content (AvgIpc) is 2.92. The average molecular weight is 390 g/mol. The molecule has 0 unspecified atom stereocenters. The van der Waals surface area contributed by atoms with Crippen molar-refractivity contribution in [2.24, 2.45) is 0 Å². The van der Waals surface area contributed by atoms with Crippen LogP contribution in [0.1, 0.15) is 11.1 Å². The van der Waals surface area contributed by atoms with Gasteiger partial charge in [-0.2, -0.15) is 0 Å². The molecule has 3 aromatic rings. The number of benzene rings is 2. The summed E-state index contributed by atoms with van der Waals surface area (Å²) in [5.41, 5.74) is 2.25. The van der Waals surface area contributed by atoms with Crippen molar-refractivity contribution in [3.8, 4) is 0 Å². The van der Waals surface area contributed by atoms with Crippen molar-refractivity contribution in [2.45, 2.75) is 23.9 Å². The number of nitrogens with one attached hydrogen (secondary N) is 1. The molecule has 0 amide bonds. The number of rotatable bonds is 6. The number of aryl methyl sites for hydroxylation is 1. The van der Waals surface area contributed by atoms with E-state index in [1.807, 2.05) is 30.3 Å². The van der Waals surface area contributed by atoms with Gasteiger partial charge in [0.25, 0.3) is 0 Å². The molecule has 0 aliphatic heterocycles. The topological polar surface area (TPSA) is 50.7 Å². The van der Waals surface area contributed by atoms with E-state index in [1.165, 1.54) is 11.1 Å². The SMILES string of the molecule is O=c1[nH]nc(SCc2cccc(Br)c2)n1CCc1ccccc1. The maximum absolute atomic E-state index is 12.0. The summed E-state index contributed by atoms with van der Waals surface area (Å²) in [5.74, 6) is 0.773. The summed E-state index contributed by atoms with van der Waals surface area (Å²) >= 11 is 5.04. The van der Waals surface area contributed by atoms with E-state index in [0.717, 1.165) is 21.8 Å². The van der Waals surface area contributed by atoms with Crippen LogP contribution in [0.3, 0.4) is 0 Å². The van der Waals surface area contributed by atoms with Crippen LogP contribution in [0.4, 0.5) is 0 Å². The number of aromatic nitrogens is 3. The standard InChI is InChI=1S/C17H16BrN3OS/c18-15-8-4-7-14(11-15)12-23-17-20-19-16(22)21(17)10-9-13-5-2-1-3-6-13/h1-8,11H,9-10,12H2,(H,19,22). The number of H-pyrrole nitrogens is 1. The molecule has 2 aromatic carbocycles. The van der Waals surface area contributed by atoms with E-state index in [4.69, 9.17) is 0 Å². The second-order valence-electron chi connectivity index (χ2n) is 5.12. The van der Waals surface area contributed by atoms with Gasteiger partial charge < -0.3 is 0 Å². The minimum Gasteiger partial charge on any atom is -0.270 e. The molecule has 118 valence electrons. The van der Waals surface area contributed by atoms with Crippen LogP contribution in [0.2, 0.25) is 0 Å². The molecule has 1 aromatic heterocycles. The summed E-state index contributed by atoms with van der Waals surface area (Å²) in [6.45, 7) is 0.625. The van der Waals surface area contributed by atoms with E-state index in [-0.39, 0.29) is 5.69 Å². The molecule has 0 aliphatic rings. The first-order valence-corrected chi connectivity index (χ1v) is 9.06. The lowest BCUT2D eigenvalue weighted by Crippen LogP contribution is -2.18. The van der Waals surface area contributed by atoms with Gasteiger partial charge in [0.1, 0.15) is 0 Å². The van der Waals surface area contributed by atoms with Crippen LogP contribution in [0.5, 0.6) is 0 Å². The fourth-order valence-corrected chi connectivity index (χ4v) is 3.63. The molecule has 3 rings (SSSR count). The molecule has 0 saturated heterocycles. The highest BCUT2D eigenvalue weighted by Crippen LogP contribution is 2.22. The third-order valence-electron chi connectivity index (χ3n) is 3.45. The van der Waals surface area contributed by atoms with Gasteiger partial charge in [-0.25, -0.2) is 9.89 Å². The van der Waals surface area contributed by atoms with Crippen LogP contribution in [0.25, 0.3) is 0 Å². The zero-order valence-corrected chi connectivity index (χ0v) is 14.8. The van der Waals surface area contributed by atoms with Crippen molar-refractivity contribution in [1.29, 1.82) is 0 Å². The molecule has 1 N–H and O–H groups in total. The Balaban J connectivity index is 1.67. The van der Waals surface area contributed by atoms with E-state index in [1.54, 1.807) is 16.3 Å². The van der Waals surface area contributed by atoms with Crippen molar-refractivity contribution < 1.29 is 0 Å². The molecular formula is C17H16BrN3OS. The fourth-order valence-electron chi connectivity index (χ4n) is 2.27. The van der Waals surface area contributed by atoms with E-state index < -0.39 is 0 Å². The number of halogens is 1. The summed E-state index contributed by atoms with van der Waals surface area (Å²) in [6.07, 6.45) is 0.810. The Morgan fingerprint density at radius 1 is 1.09 bits per heavy atom. The predicted molar refractivity (Wildman–Crippen MR) is 96.7 cm³/mol. The normalized spacial score (nSPS) is 10.8. The van der Waals surface area contributed by atoms with Gasteiger partial charge in [-0.15, -0.1) is 5.10 Å². The zero-order valence-electron chi connectivity index (χ0n) is 12.4. The maximum atomic E-state index is 12.0. The highest BCUT2D eigenvalue weighted by molar-refractivity contribution is 9.10. The smallest absolute Gasteiger partial charge is 0.270 e. The van der Waals surface area contributed by atoms with Gasteiger partial charge in [0, 0.05) is 16.8 Å². The van der Waals surface area contributed by atoms with Crippen molar-refractivity contribution in [3.05, 3.63) is 80.7 Å². The molecule has 1 heterocycles. The first kappa shape index (κ1) is 16.1. The van der Waals surface area contributed by atoms with Crippen molar-refractivity contribution >= 4 is 27.7 Å². The quantitative estimate of drug-likeness (QED) is 0.651. The highest BCUT2D eigenvalue weighted by atomic mass is 79.9. The lowest BCUT2D eigenvalue weighted by molar-refractivity contribution is 0.616. The third-order valence-corrected chi connectivity index (χ3v) is 4.99. The molecule has 0 aliphatic carbocycles. The van der Waals surface area contributed by atoms with Crippen molar-refractivity contribution in [2.75, 3.05) is 0 Å². The lowest BCUT2D eigenvalue weighted by atomic mass is 10.1. The number of nitrogens with zero attached hydrogens (tertiary/aromatic N) is 2. The van der Waals surface area contributed by atoms with Crippen LogP contribution in [0.15, 0.2) is 69.0 Å². The van der Waals surface area contributed by atoms with E-state index in [9.17, 15) is 4.79 Å². The van der Waals surface area contributed by atoms with Gasteiger partial charge >= 0.3 is 5.69 Å². The summed E-state index contributed by atoms with van der Waals surface area (Å²) in [7, 11) is 0. The van der Waals surface area contributed by atoms with E-state index >= 15 is 0 Å². The Kier molecular flexibility index (Phi) is 5.35. The monoisotopic (exact) mass is 389 g/mol. The summed E-state index contributed by atoms with van der Waals surface area (Å²) in [5, 5.41) is 7.42. The summed E-state index contributed by atoms with van der Waals surface area (Å²) < 4.78 is 2.76. The Hall–Kier alpha value is -1.79. The molecule has 4 nitrogen and oxygen atoms in total.